The van der Waals surface area contributed by atoms with E-state index in [2.05, 4.69) is 10.3 Å². The molecule has 4 heteroatoms. The molecule has 1 N–H and O–H groups in total. The maximum absolute atomic E-state index is 9.49. The summed E-state index contributed by atoms with van der Waals surface area (Å²) in [7, 11) is 1.78. The molecule has 0 bridgehead atoms. The molecule has 11 heavy (non-hydrogen) atoms. The van der Waals surface area contributed by atoms with Crippen LogP contribution in [0.4, 0.5) is 0 Å². The van der Waals surface area contributed by atoms with Gasteiger partial charge in [0.05, 0.1) is 18.0 Å². The van der Waals surface area contributed by atoms with Crippen molar-refractivity contribution in [2.24, 2.45) is 7.05 Å². The van der Waals surface area contributed by atoms with Crippen molar-refractivity contribution in [3.05, 3.63) is 11.9 Å². The van der Waals surface area contributed by atoms with Gasteiger partial charge in [-0.3, -0.25) is 0 Å². The van der Waals surface area contributed by atoms with E-state index in [0.29, 0.717) is 0 Å². The van der Waals surface area contributed by atoms with Crippen molar-refractivity contribution in [1.29, 1.82) is 0 Å². The maximum Gasteiger partial charge on any atom is 0.0972 e. The Labute approximate surface area is 65.8 Å². The highest BCUT2D eigenvalue weighted by atomic mass is 16.3. The number of aliphatic hydroxyl groups excluding tert-OH is 1. The molecule has 1 rings (SSSR count). The Hall–Kier alpha value is -0.900. The zero-order valence-corrected chi connectivity index (χ0v) is 6.86. The van der Waals surface area contributed by atoms with E-state index in [9.17, 15) is 5.11 Å². The van der Waals surface area contributed by atoms with Gasteiger partial charge in [0.2, 0.25) is 0 Å². The van der Waals surface area contributed by atoms with Crippen molar-refractivity contribution in [2.45, 2.75) is 25.9 Å². The predicted octanol–water partition coefficient (Wildman–Crippen LogP) is 0.649. The Kier molecular flexibility index (Phi) is 2.59. The Morgan fingerprint density at radius 1 is 1.73 bits per heavy atom. The highest BCUT2D eigenvalue weighted by Crippen LogP contribution is 2.14. The molecule has 0 aliphatic rings. The average molecular weight is 155 g/mol. The molecule has 62 valence electrons. The van der Waals surface area contributed by atoms with Crippen LogP contribution in [0, 0.1) is 0 Å². The normalized spacial score (nSPS) is 13.4. The second-order valence-corrected chi connectivity index (χ2v) is 2.59. The van der Waals surface area contributed by atoms with E-state index in [4.69, 9.17) is 0 Å². The van der Waals surface area contributed by atoms with Crippen LogP contribution in [0.2, 0.25) is 0 Å². The van der Waals surface area contributed by atoms with E-state index in [1.807, 2.05) is 6.92 Å². The third kappa shape index (κ3) is 1.77. The number of hydrogen-bond acceptors (Lipinski definition) is 3. The van der Waals surface area contributed by atoms with Crippen LogP contribution in [-0.4, -0.2) is 20.1 Å². The fraction of sp³-hybridized carbons (Fsp3) is 0.714. The Bertz CT molecular complexity index is 221. The Balaban J connectivity index is 2.67. The summed E-state index contributed by atoms with van der Waals surface area (Å²) in [6, 6.07) is 0. The van der Waals surface area contributed by atoms with Crippen molar-refractivity contribution in [2.75, 3.05) is 0 Å². The molecule has 0 saturated carbocycles. The fourth-order valence-corrected chi connectivity index (χ4v) is 1.02. The lowest BCUT2D eigenvalue weighted by Crippen LogP contribution is -2.04. The van der Waals surface area contributed by atoms with Gasteiger partial charge in [0, 0.05) is 7.05 Å². The van der Waals surface area contributed by atoms with Crippen LogP contribution in [0.25, 0.3) is 0 Å². The zero-order chi connectivity index (χ0) is 8.27. The molecule has 0 fully saturated rings. The second-order valence-electron chi connectivity index (χ2n) is 2.59. The minimum atomic E-state index is -0.417. The lowest BCUT2D eigenvalue weighted by molar-refractivity contribution is 0.157. The number of nitrogens with zero attached hydrogens (tertiary/aromatic N) is 3. The lowest BCUT2D eigenvalue weighted by Gasteiger charge is -2.07. The Morgan fingerprint density at radius 3 is 2.91 bits per heavy atom. The summed E-state index contributed by atoms with van der Waals surface area (Å²) in [6.07, 6.45) is 2.91. The van der Waals surface area contributed by atoms with Gasteiger partial charge in [0.15, 0.2) is 0 Å². The summed E-state index contributed by atoms with van der Waals surface area (Å²) in [5, 5.41) is 16.9. The molecule has 1 aromatic rings. The molecule has 4 nitrogen and oxygen atoms in total. The van der Waals surface area contributed by atoms with Crippen molar-refractivity contribution in [3.63, 3.8) is 0 Å². The number of aliphatic hydroxyl groups is 1. The summed E-state index contributed by atoms with van der Waals surface area (Å²) < 4.78 is 1.60. The molecule has 0 aliphatic heterocycles. The van der Waals surface area contributed by atoms with E-state index in [1.54, 1.807) is 17.9 Å². The van der Waals surface area contributed by atoms with Gasteiger partial charge in [-0.05, 0) is 6.42 Å². The highest BCUT2D eigenvalue weighted by molar-refractivity contribution is 4.97. The van der Waals surface area contributed by atoms with Gasteiger partial charge in [-0.1, -0.05) is 18.6 Å². The fourth-order valence-electron chi connectivity index (χ4n) is 1.02. The van der Waals surface area contributed by atoms with Crippen LogP contribution in [0.5, 0.6) is 0 Å². The smallest absolute Gasteiger partial charge is 0.0972 e. The molecular formula is C7H13N3O. The van der Waals surface area contributed by atoms with Crippen LogP contribution >= 0.6 is 0 Å². The molecule has 0 amide bonds. The van der Waals surface area contributed by atoms with Crippen LogP contribution in [0.15, 0.2) is 6.20 Å². The van der Waals surface area contributed by atoms with E-state index in [0.717, 1.165) is 18.5 Å². The van der Waals surface area contributed by atoms with Crippen molar-refractivity contribution in [1.82, 2.24) is 15.0 Å². The number of hydrogen-bond donors (Lipinski definition) is 1. The lowest BCUT2D eigenvalue weighted by atomic mass is 10.1. The van der Waals surface area contributed by atoms with Crippen LogP contribution in [0.1, 0.15) is 31.6 Å². The first kappa shape index (κ1) is 8.20. The van der Waals surface area contributed by atoms with Gasteiger partial charge in [0.25, 0.3) is 0 Å². The van der Waals surface area contributed by atoms with E-state index >= 15 is 0 Å². The van der Waals surface area contributed by atoms with E-state index < -0.39 is 6.10 Å². The summed E-state index contributed by atoms with van der Waals surface area (Å²) in [6.45, 7) is 2.03. The molecule has 0 radical (unpaired) electrons. The first-order valence-corrected chi connectivity index (χ1v) is 3.78. The predicted molar refractivity (Wildman–Crippen MR) is 40.9 cm³/mol. The maximum atomic E-state index is 9.49. The molecule has 0 saturated heterocycles. The summed E-state index contributed by atoms with van der Waals surface area (Å²) in [5.74, 6) is 0. The summed E-state index contributed by atoms with van der Waals surface area (Å²) in [4.78, 5) is 0. The first-order valence-electron chi connectivity index (χ1n) is 3.78. The number of aromatic nitrogens is 3. The van der Waals surface area contributed by atoms with E-state index in [1.165, 1.54) is 0 Å². The van der Waals surface area contributed by atoms with Gasteiger partial charge in [-0.25, -0.2) is 4.68 Å². The second kappa shape index (κ2) is 3.48. The van der Waals surface area contributed by atoms with E-state index in [-0.39, 0.29) is 0 Å². The Morgan fingerprint density at radius 2 is 2.45 bits per heavy atom. The zero-order valence-electron chi connectivity index (χ0n) is 6.86. The largest absolute Gasteiger partial charge is 0.387 e. The summed E-state index contributed by atoms with van der Waals surface area (Å²) in [5.41, 5.74) is 0.784. The highest BCUT2D eigenvalue weighted by Gasteiger charge is 2.09. The first-order chi connectivity index (χ1) is 5.25. The molecule has 1 aromatic heterocycles. The minimum absolute atomic E-state index is 0.417. The van der Waals surface area contributed by atoms with Gasteiger partial charge < -0.3 is 5.11 Å². The van der Waals surface area contributed by atoms with Crippen LogP contribution < -0.4 is 0 Å². The molecule has 1 unspecified atom stereocenters. The third-order valence-corrected chi connectivity index (χ3v) is 1.65. The molecular weight excluding hydrogens is 142 g/mol. The van der Waals surface area contributed by atoms with Gasteiger partial charge in [-0.15, -0.1) is 5.10 Å². The monoisotopic (exact) mass is 155 g/mol. The van der Waals surface area contributed by atoms with Gasteiger partial charge in [0.1, 0.15) is 0 Å². The number of aryl methyl sites for hydroxylation is 1. The van der Waals surface area contributed by atoms with Crippen molar-refractivity contribution < 1.29 is 5.11 Å². The van der Waals surface area contributed by atoms with Gasteiger partial charge >= 0.3 is 0 Å². The topological polar surface area (TPSA) is 50.9 Å². The van der Waals surface area contributed by atoms with Crippen LogP contribution in [0.3, 0.4) is 0 Å². The SMILES string of the molecule is CCCC(O)c1cnnn1C. The quantitative estimate of drug-likeness (QED) is 0.697. The summed E-state index contributed by atoms with van der Waals surface area (Å²) >= 11 is 0. The molecule has 1 heterocycles. The number of rotatable bonds is 3. The van der Waals surface area contributed by atoms with Crippen LogP contribution in [-0.2, 0) is 7.05 Å². The molecule has 0 aliphatic carbocycles. The third-order valence-electron chi connectivity index (χ3n) is 1.65. The molecule has 1 atom stereocenters. The van der Waals surface area contributed by atoms with Gasteiger partial charge in [-0.2, -0.15) is 0 Å². The molecule has 0 spiro atoms. The average Bonchev–Trinajstić information content (AvgIpc) is 2.36. The molecule has 0 aromatic carbocycles. The van der Waals surface area contributed by atoms with Crippen molar-refractivity contribution >= 4 is 0 Å². The van der Waals surface area contributed by atoms with Crippen molar-refractivity contribution in [3.8, 4) is 0 Å². The minimum Gasteiger partial charge on any atom is -0.387 e. The standard InChI is InChI=1S/C7H13N3O/c1-3-4-7(11)6-5-8-9-10(6)2/h5,7,11H,3-4H2,1-2H3.